The predicted octanol–water partition coefficient (Wildman–Crippen LogP) is 1.14. The van der Waals surface area contributed by atoms with Crippen molar-refractivity contribution >= 4 is 39.1 Å². The molecule has 3 atom stereocenters. The molecule has 1 fully saturated rings. The SMILES string of the molecule is CSCC1[Se][C@@H](C(C)(C)C)N(C=O)C1C(=O)O. The number of nitrogens with zero attached hydrogens (tertiary/aromatic N) is 1. The van der Waals surface area contributed by atoms with E-state index < -0.39 is 12.0 Å². The molecule has 0 aromatic carbocycles. The number of hydrogen-bond acceptors (Lipinski definition) is 3. The van der Waals surface area contributed by atoms with E-state index in [1.807, 2.05) is 6.26 Å². The summed E-state index contributed by atoms with van der Waals surface area (Å²) in [7, 11) is 0. The van der Waals surface area contributed by atoms with Crippen LogP contribution >= 0.6 is 11.8 Å². The van der Waals surface area contributed by atoms with Gasteiger partial charge in [-0.25, -0.2) is 0 Å². The second kappa shape index (κ2) is 5.63. The topological polar surface area (TPSA) is 57.6 Å². The zero-order chi connectivity index (χ0) is 13.2. The Bertz CT molecular complexity index is 306. The normalized spacial score (nSPS) is 29.4. The molecule has 0 bridgehead atoms. The van der Waals surface area contributed by atoms with Gasteiger partial charge in [-0.3, -0.25) is 0 Å². The van der Waals surface area contributed by atoms with Crippen molar-refractivity contribution < 1.29 is 14.7 Å². The van der Waals surface area contributed by atoms with Crippen LogP contribution in [-0.4, -0.2) is 60.3 Å². The van der Waals surface area contributed by atoms with E-state index in [0.29, 0.717) is 0 Å². The number of carbonyl (C=O) groups excluding carboxylic acids is 1. The molecule has 0 saturated carbocycles. The molecule has 0 aromatic heterocycles. The van der Waals surface area contributed by atoms with Crippen LogP contribution < -0.4 is 0 Å². The van der Waals surface area contributed by atoms with Gasteiger partial charge in [-0.1, -0.05) is 0 Å². The minimum absolute atomic E-state index is 0.0538. The number of thioether (sulfide) groups is 1. The fraction of sp³-hybridized carbons (Fsp3) is 0.818. The van der Waals surface area contributed by atoms with E-state index in [1.54, 1.807) is 11.8 Å². The van der Waals surface area contributed by atoms with Gasteiger partial charge in [0.15, 0.2) is 0 Å². The molecule has 0 aromatic rings. The Balaban J connectivity index is 2.99. The standard InChI is InChI=1S/C11H19NO3SSe/c1-11(2,3)10-12(6-13)8(9(14)15)7(17-10)5-16-4/h6-8,10H,5H2,1-4H3,(H,14,15)/t7?,8?,10-/m0/s1. The number of carboxylic acids is 1. The van der Waals surface area contributed by atoms with Gasteiger partial charge in [0.1, 0.15) is 0 Å². The number of carbonyl (C=O) groups is 2. The predicted molar refractivity (Wildman–Crippen MR) is 70.5 cm³/mol. The second-order valence-electron chi connectivity index (χ2n) is 5.18. The van der Waals surface area contributed by atoms with E-state index in [2.05, 4.69) is 20.8 Å². The third kappa shape index (κ3) is 3.18. The van der Waals surface area contributed by atoms with Gasteiger partial charge in [-0.2, -0.15) is 0 Å². The van der Waals surface area contributed by atoms with Crippen LogP contribution in [0.15, 0.2) is 0 Å². The monoisotopic (exact) mass is 325 g/mol. The molecule has 2 unspecified atom stereocenters. The van der Waals surface area contributed by atoms with Crippen LogP contribution in [0.1, 0.15) is 20.8 Å². The Kier molecular flexibility index (Phi) is 4.93. The minimum atomic E-state index is -0.871. The average Bonchev–Trinajstić information content (AvgIpc) is 2.56. The van der Waals surface area contributed by atoms with Crippen molar-refractivity contribution in [3.8, 4) is 0 Å². The van der Waals surface area contributed by atoms with Gasteiger partial charge in [-0.15, -0.1) is 0 Å². The number of hydrogen-bond donors (Lipinski definition) is 1. The quantitative estimate of drug-likeness (QED) is 0.622. The summed E-state index contributed by atoms with van der Waals surface area (Å²) in [5.74, 6) is -0.0572. The molecule has 1 aliphatic heterocycles. The summed E-state index contributed by atoms with van der Waals surface area (Å²) in [5, 5.41) is 9.30. The molecule has 1 amide bonds. The molecule has 1 N–H and O–H groups in total. The molecular weight excluding hydrogens is 305 g/mol. The van der Waals surface area contributed by atoms with Crippen molar-refractivity contribution in [2.75, 3.05) is 12.0 Å². The van der Waals surface area contributed by atoms with E-state index in [9.17, 15) is 14.7 Å². The summed E-state index contributed by atoms with van der Waals surface area (Å²) >= 11 is 1.81. The maximum absolute atomic E-state index is 11.3. The Morgan fingerprint density at radius 3 is 2.47 bits per heavy atom. The number of rotatable bonds is 4. The Morgan fingerprint density at radius 1 is 1.53 bits per heavy atom. The van der Waals surface area contributed by atoms with Crippen LogP contribution in [0.25, 0.3) is 0 Å². The Hall–Kier alpha value is -0.191. The van der Waals surface area contributed by atoms with E-state index in [0.717, 1.165) is 12.2 Å². The average molecular weight is 324 g/mol. The van der Waals surface area contributed by atoms with Gasteiger partial charge in [0.05, 0.1) is 0 Å². The van der Waals surface area contributed by atoms with Crippen molar-refractivity contribution in [1.82, 2.24) is 4.90 Å². The molecule has 17 heavy (non-hydrogen) atoms. The first kappa shape index (κ1) is 14.9. The van der Waals surface area contributed by atoms with Gasteiger partial charge in [0.2, 0.25) is 0 Å². The van der Waals surface area contributed by atoms with E-state index in [-0.39, 0.29) is 30.1 Å². The van der Waals surface area contributed by atoms with Crippen molar-refractivity contribution in [2.45, 2.75) is 36.6 Å². The van der Waals surface area contributed by atoms with Crippen molar-refractivity contribution in [3.05, 3.63) is 0 Å². The summed E-state index contributed by atoms with van der Waals surface area (Å²) in [4.78, 5) is 24.2. The molecule has 0 spiro atoms. The molecule has 0 aliphatic carbocycles. The third-order valence-electron chi connectivity index (χ3n) is 2.69. The summed E-state index contributed by atoms with van der Waals surface area (Å²) < 4.78 is 0. The molecule has 0 radical (unpaired) electrons. The van der Waals surface area contributed by atoms with Crippen LogP contribution in [0.5, 0.6) is 0 Å². The number of carboxylic acid groups (broad SMARTS) is 1. The zero-order valence-electron chi connectivity index (χ0n) is 10.5. The van der Waals surface area contributed by atoms with E-state index >= 15 is 0 Å². The van der Waals surface area contributed by atoms with Crippen LogP contribution in [0.4, 0.5) is 0 Å². The van der Waals surface area contributed by atoms with Gasteiger partial charge in [0, 0.05) is 0 Å². The van der Waals surface area contributed by atoms with Crippen LogP contribution in [0.2, 0.25) is 4.82 Å². The van der Waals surface area contributed by atoms with Crippen LogP contribution in [-0.2, 0) is 9.59 Å². The molecule has 1 saturated heterocycles. The van der Waals surface area contributed by atoms with Crippen molar-refractivity contribution in [3.63, 3.8) is 0 Å². The molecule has 1 rings (SSSR count). The molecule has 6 heteroatoms. The number of amides is 1. The van der Waals surface area contributed by atoms with Gasteiger partial charge >= 0.3 is 113 Å². The van der Waals surface area contributed by atoms with Gasteiger partial charge < -0.3 is 0 Å². The maximum atomic E-state index is 11.3. The molecule has 98 valence electrons. The van der Waals surface area contributed by atoms with Crippen LogP contribution in [0.3, 0.4) is 0 Å². The van der Waals surface area contributed by atoms with Gasteiger partial charge in [0.25, 0.3) is 0 Å². The summed E-state index contributed by atoms with van der Waals surface area (Å²) in [5.41, 5.74) is -0.0538. The second-order valence-corrected chi connectivity index (χ2v) is 8.87. The third-order valence-corrected chi connectivity index (χ3v) is 8.02. The fourth-order valence-electron chi connectivity index (χ4n) is 2.00. The fourth-order valence-corrected chi connectivity index (χ4v) is 7.02. The first-order valence-electron chi connectivity index (χ1n) is 5.43. The summed E-state index contributed by atoms with van der Waals surface area (Å²) in [6.45, 7) is 6.20. The molecule has 1 heterocycles. The van der Waals surface area contributed by atoms with Crippen molar-refractivity contribution in [1.29, 1.82) is 0 Å². The molecule has 1 aliphatic rings. The number of aliphatic carboxylic acids is 1. The first-order valence-corrected chi connectivity index (χ1v) is 8.80. The Labute approximate surface area is 113 Å². The van der Waals surface area contributed by atoms with Gasteiger partial charge in [-0.05, 0) is 0 Å². The Morgan fingerprint density at radius 2 is 2.12 bits per heavy atom. The van der Waals surface area contributed by atoms with Crippen molar-refractivity contribution in [2.24, 2.45) is 5.41 Å². The van der Waals surface area contributed by atoms with Crippen LogP contribution in [0, 0.1) is 5.41 Å². The summed E-state index contributed by atoms with van der Waals surface area (Å²) in [6.07, 6.45) is 2.70. The summed E-state index contributed by atoms with van der Waals surface area (Å²) in [6, 6.07) is -0.635. The van der Waals surface area contributed by atoms with E-state index in [4.69, 9.17) is 0 Å². The first-order chi connectivity index (χ1) is 7.82. The molecular formula is C11H19NO3SSe. The zero-order valence-corrected chi connectivity index (χ0v) is 13.1. The van der Waals surface area contributed by atoms with E-state index in [1.165, 1.54) is 4.90 Å². The molecule has 4 nitrogen and oxygen atoms in total.